The second kappa shape index (κ2) is 7.08. The van der Waals surface area contributed by atoms with Crippen molar-refractivity contribution in [2.24, 2.45) is 0 Å². The highest BCUT2D eigenvalue weighted by Crippen LogP contribution is 2.24. The minimum absolute atomic E-state index is 0.563. The molecule has 0 bridgehead atoms. The van der Waals surface area contributed by atoms with Crippen molar-refractivity contribution in [3.63, 3.8) is 0 Å². The van der Waals surface area contributed by atoms with Gasteiger partial charge in [-0.2, -0.15) is 0 Å². The van der Waals surface area contributed by atoms with Gasteiger partial charge in [0, 0.05) is 25.2 Å². The summed E-state index contributed by atoms with van der Waals surface area (Å²) >= 11 is 0. The summed E-state index contributed by atoms with van der Waals surface area (Å²) in [7, 11) is 4.19. The number of fused-ring (bicyclic) bond motifs is 1. The van der Waals surface area contributed by atoms with Crippen molar-refractivity contribution < 1.29 is 0 Å². The van der Waals surface area contributed by atoms with Crippen molar-refractivity contribution in [2.75, 3.05) is 19.0 Å². The Balaban J connectivity index is 2.17. The molecule has 0 amide bonds. The summed E-state index contributed by atoms with van der Waals surface area (Å²) in [6.45, 7) is 5.11. The number of anilines is 1. The maximum absolute atomic E-state index is 4.92. The van der Waals surface area contributed by atoms with E-state index >= 15 is 0 Å². The highest BCUT2D eigenvalue weighted by molar-refractivity contribution is 6.74. The number of para-hydroxylation sites is 1. The molecule has 0 N–H and O–H groups in total. The van der Waals surface area contributed by atoms with Gasteiger partial charge in [-0.3, -0.25) is 0 Å². The molecule has 1 aromatic heterocycles. The van der Waals surface area contributed by atoms with E-state index in [0.29, 0.717) is 6.71 Å². The lowest BCUT2D eigenvalue weighted by Gasteiger charge is -2.20. The van der Waals surface area contributed by atoms with Gasteiger partial charge in [0.1, 0.15) is 0 Å². The number of nitrogens with zero attached hydrogens (tertiary/aromatic N) is 2. The van der Waals surface area contributed by atoms with E-state index < -0.39 is 0 Å². The fraction of sp³-hybridized carbons (Fsp3) is 0.286. The number of hydrogen-bond donors (Lipinski definition) is 0. The first-order valence-electron chi connectivity index (χ1n) is 8.81. The minimum Gasteiger partial charge on any atom is -0.378 e. The van der Waals surface area contributed by atoms with Gasteiger partial charge in [0.05, 0.1) is 11.2 Å². The third-order valence-electron chi connectivity index (χ3n) is 4.85. The van der Waals surface area contributed by atoms with Crippen molar-refractivity contribution in [2.45, 2.75) is 26.5 Å². The Labute approximate surface area is 145 Å². The summed E-state index contributed by atoms with van der Waals surface area (Å²) in [6.07, 6.45) is 2.29. The van der Waals surface area contributed by atoms with E-state index in [-0.39, 0.29) is 0 Å². The molecule has 0 aliphatic rings. The Morgan fingerprint density at radius 2 is 1.67 bits per heavy atom. The molecule has 2 aromatic carbocycles. The average Bonchev–Trinajstić information content (AvgIpc) is 2.62. The van der Waals surface area contributed by atoms with Crippen LogP contribution in [-0.2, 0) is 0 Å². The molecule has 3 aromatic rings. The second-order valence-corrected chi connectivity index (χ2v) is 6.57. The SMILES string of the molecule is CCB(CC)c1cc(N(C)C)ccc1-c1ccc2ccccc2n1. The van der Waals surface area contributed by atoms with Crippen LogP contribution in [-0.4, -0.2) is 25.8 Å². The third kappa shape index (κ3) is 3.16. The molecule has 0 saturated heterocycles. The van der Waals surface area contributed by atoms with Crippen LogP contribution in [0.4, 0.5) is 5.69 Å². The summed E-state index contributed by atoms with van der Waals surface area (Å²) in [5.74, 6) is 0. The molecule has 0 saturated carbocycles. The van der Waals surface area contributed by atoms with Gasteiger partial charge in [-0.1, -0.05) is 62.3 Å². The van der Waals surface area contributed by atoms with Gasteiger partial charge >= 0.3 is 0 Å². The number of aromatic nitrogens is 1. The van der Waals surface area contributed by atoms with Crippen molar-refractivity contribution in [3.8, 4) is 11.3 Å². The zero-order valence-corrected chi connectivity index (χ0v) is 15.1. The molecule has 0 unspecified atom stereocenters. The predicted octanol–water partition coefficient (Wildman–Crippen LogP) is 4.71. The molecule has 0 aliphatic carbocycles. The van der Waals surface area contributed by atoms with E-state index in [4.69, 9.17) is 4.98 Å². The van der Waals surface area contributed by atoms with Crippen LogP contribution in [0.5, 0.6) is 0 Å². The van der Waals surface area contributed by atoms with Crippen molar-refractivity contribution in [3.05, 3.63) is 54.6 Å². The lowest BCUT2D eigenvalue weighted by Crippen LogP contribution is -2.31. The van der Waals surface area contributed by atoms with E-state index in [0.717, 1.165) is 23.9 Å². The predicted molar refractivity (Wildman–Crippen MR) is 108 cm³/mol. The zero-order valence-electron chi connectivity index (χ0n) is 15.1. The normalized spacial score (nSPS) is 10.8. The molecule has 0 radical (unpaired) electrons. The van der Waals surface area contributed by atoms with Gasteiger partial charge in [0.25, 0.3) is 0 Å². The molecule has 0 fully saturated rings. The van der Waals surface area contributed by atoms with Gasteiger partial charge in [0.2, 0.25) is 0 Å². The maximum Gasteiger partial charge on any atom is 0.176 e. The Bertz CT molecular complexity index is 838. The van der Waals surface area contributed by atoms with Crippen molar-refractivity contribution >= 4 is 28.8 Å². The van der Waals surface area contributed by atoms with E-state index in [1.54, 1.807) is 0 Å². The van der Waals surface area contributed by atoms with E-state index in [1.807, 2.05) is 0 Å². The van der Waals surface area contributed by atoms with Crippen molar-refractivity contribution in [1.82, 2.24) is 4.98 Å². The Morgan fingerprint density at radius 1 is 0.917 bits per heavy atom. The number of pyridine rings is 1. The van der Waals surface area contributed by atoms with Gasteiger partial charge < -0.3 is 4.90 Å². The number of hydrogen-bond acceptors (Lipinski definition) is 2. The van der Waals surface area contributed by atoms with Crippen LogP contribution in [0, 0.1) is 0 Å². The van der Waals surface area contributed by atoms with Crippen LogP contribution in [0.25, 0.3) is 22.2 Å². The molecule has 0 atom stereocenters. The van der Waals surface area contributed by atoms with Crippen LogP contribution in [0.3, 0.4) is 0 Å². The summed E-state index contributed by atoms with van der Waals surface area (Å²) in [5.41, 5.74) is 6.05. The zero-order chi connectivity index (χ0) is 17.1. The molecular formula is C21H25BN2. The number of rotatable bonds is 5. The topological polar surface area (TPSA) is 16.1 Å². The van der Waals surface area contributed by atoms with Gasteiger partial charge in [-0.15, -0.1) is 0 Å². The Hall–Kier alpha value is -2.29. The fourth-order valence-corrected chi connectivity index (χ4v) is 3.34. The third-order valence-corrected chi connectivity index (χ3v) is 4.85. The smallest absolute Gasteiger partial charge is 0.176 e. The molecule has 2 nitrogen and oxygen atoms in total. The maximum atomic E-state index is 4.92. The van der Waals surface area contributed by atoms with Crippen LogP contribution in [0.15, 0.2) is 54.6 Å². The summed E-state index contributed by atoms with van der Waals surface area (Å²) in [4.78, 5) is 7.09. The minimum atomic E-state index is 0.563. The van der Waals surface area contributed by atoms with E-state index in [1.165, 1.54) is 22.1 Å². The van der Waals surface area contributed by atoms with Gasteiger partial charge in [-0.25, -0.2) is 4.98 Å². The first-order chi connectivity index (χ1) is 11.6. The molecule has 3 heteroatoms. The average molecular weight is 316 g/mol. The van der Waals surface area contributed by atoms with Crippen LogP contribution < -0.4 is 10.4 Å². The van der Waals surface area contributed by atoms with E-state index in [9.17, 15) is 0 Å². The molecule has 3 rings (SSSR count). The fourth-order valence-electron chi connectivity index (χ4n) is 3.34. The summed E-state index contributed by atoms with van der Waals surface area (Å²) < 4.78 is 0. The monoisotopic (exact) mass is 316 g/mol. The molecular weight excluding hydrogens is 291 g/mol. The molecule has 0 spiro atoms. The van der Waals surface area contributed by atoms with Gasteiger partial charge in [0.15, 0.2) is 6.71 Å². The second-order valence-electron chi connectivity index (χ2n) is 6.57. The molecule has 0 aliphatic heterocycles. The molecule has 122 valence electrons. The van der Waals surface area contributed by atoms with Crippen LogP contribution >= 0.6 is 0 Å². The van der Waals surface area contributed by atoms with Gasteiger partial charge in [-0.05, 0) is 29.8 Å². The molecule has 24 heavy (non-hydrogen) atoms. The first-order valence-corrected chi connectivity index (χ1v) is 8.81. The lowest BCUT2D eigenvalue weighted by molar-refractivity contribution is 1.13. The number of benzene rings is 2. The van der Waals surface area contributed by atoms with Crippen LogP contribution in [0.2, 0.25) is 12.6 Å². The Morgan fingerprint density at radius 3 is 2.38 bits per heavy atom. The highest BCUT2D eigenvalue weighted by Gasteiger charge is 2.18. The Kier molecular flexibility index (Phi) is 4.89. The highest BCUT2D eigenvalue weighted by atomic mass is 15.1. The molecule has 1 heterocycles. The summed E-state index contributed by atoms with van der Waals surface area (Å²) in [6, 6.07) is 19.4. The quantitative estimate of drug-likeness (QED) is 0.634. The van der Waals surface area contributed by atoms with Crippen LogP contribution in [0.1, 0.15) is 13.8 Å². The largest absolute Gasteiger partial charge is 0.378 e. The lowest BCUT2D eigenvalue weighted by atomic mass is 9.40. The summed E-state index contributed by atoms with van der Waals surface area (Å²) in [5, 5.41) is 1.19. The first kappa shape index (κ1) is 16.6. The van der Waals surface area contributed by atoms with Crippen molar-refractivity contribution in [1.29, 1.82) is 0 Å². The van der Waals surface area contributed by atoms with E-state index in [2.05, 4.69) is 87.4 Å². The standard InChI is InChI=1S/C21H25BN2/c1-5-22(6-2)19-15-17(24(3)4)12-13-18(19)21-14-11-16-9-7-8-10-20(16)23-21/h7-15H,5-6H2,1-4H3.